The monoisotopic (exact) mass is 313 g/mol. The van der Waals surface area contributed by atoms with Crippen LogP contribution in [0, 0.1) is 6.92 Å². The van der Waals surface area contributed by atoms with Crippen LogP contribution in [0.1, 0.15) is 35.7 Å². The summed E-state index contributed by atoms with van der Waals surface area (Å²) < 4.78 is 5.23. The number of rotatable bonds is 6. The van der Waals surface area contributed by atoms with Crippen molar-refractivity contribution in [3.05, 3.63) is 29.3 Å². The number of amides is 1. The van der Waals surface area contributed by atoms with Gasteiger partial charge in [-0.25, -0.2) is 0 Å². The number of alkyl halides is 1. The highest BCUT2D eigenvalue weighted by Gasteiger charge is 2.15. The molecule has 0 saturated carbocycles. The van der Waals surface area contributed by atoms with E-state index in [1.54, 1.807) is 7.11 Å². The Kier molecular flexibility index (Phi) is 6.19. The van der Waals surface area contributed by atoms with Crippen molar-refractivity contribution in [2.24, 2.45) is 0 Å². The average Bonchev–Trinajstić information content (AvgIpc) is 2.38. The predicted octanol–water partition coefficient (Wildman–Crippen LogP) is 3.30. The van der Waals surface area contributed by atoms with Gasteiger partial charge in [0.1, 0.15) is 5.75 Å². The molecule has 1 unspecified atom stereocenters. The van der Waals surface area contributed by atoms with Crippen molar-refractivity contribution in [3.63, 3.8) is 0 Å². The third kappa shape index (κ3) is 4.02. The molecule has 1 aromatic carbocycles. The number of aryl methyl sites for hydroxylation is 1. The lowest BCUT2D eigenvalue weighted by Crippen LogP contribution is -2.34. The second kappa shape index (κ2) is 7.41. The Morgan fingerprint density at radius 2 is 2.22 bits per heavy atom. The van der Waals surface area contributed by atoms with Gasteiger partial charge >= 0.3 is 0 Å². The molecule has 4 heteroatoms. The van der Waals surface area contributed by atoms with Crippen LogP contribution < -0.4 is 10.1 Å². The normalized spacial score (nSPS) is 12.0. The van der Waals surface area contributed by atoms with E-state index >= 15 is 0 Å². The summed E-state index contributed by atoms with van der Waals surface area (Å²) in [7, 11) is 1.58. The van der Waals surface area contributed by atoms with Crippen LogP contribution >= 0.6 is 15.9 Å². The first-order chi connectivity index (χ1) is 8.62. The molecule has 0 aliphatic carbocycles. The number of hydrogen-bond acceptors (Lipinski definition) is 2. The van der Waals surface area contributed by atoms with Crippen LogP contribution in [0.5, 0.6) is 5.75 Å². The van der Waals surface area contributed by atoms with E-state index in [-0.39, 0.29) is 11.9 Å². The lowest BCUT2D eigenvalue weighted by atomic mass is 10.1. The maximum atomic E-state index is 12.2. The summed E-state index contributed by atoms with van der Waals surface area (Å²) in [6.07, 6.45) is 1.85. The number of nitrogens with one attached hydrogen (secondary N) is 1. The smallest absolute Gasteiger partial charge is 0.255 e. The second-order valence-electron chi connectivity index (χ2n) is 4.26. The first-order valence-electron chi connectivity index (χ1n) is 6.13. The molecule has 0 heterocycles. The molecule has 0 aliphatic heterocycles. The molecule has 100 valence electrons. The predicted molar refractivity (Wildman–Crippen MR) is 77.7 cm³/mol. The highest BCUT2D eigenvalue weighted by molar-refractivity contribution is 9.09. The molecule has 3 nitrogen and oxygen atoms in total. The third-order valence-corrected chi connectivity index (χ3v) is 3.34. The SMILES string of the molecule is CCC(CCBr)NC(=O)c1cc(C)ccc1OC. The molecule has 1 aromatic rings. The Labute approximate surface area is 117 Å². The molecule has 0 aromatic heterocycles. The van der Waals surface area contributed by atoms with Gasteiger partial charge in [0.15, 0.2) is 0 Å². The summed E-state index contributed by atoms with van der Waals surface area (Å²) in [5.74, 6) is 0.551. The summed E-state index contributed by atoms with van der Waals surface area (Å²) in [5, 5.41) is 3.92. The number of carbonyl (C=O) groups excluding carboxylic acids is 1. The number of benzene rings is 1. The lowest BCUT2D eigenvalue weighted by Gasteiger charge is -2.17. The van der Waals surface area contributed by atoms with Gasteiger partial charge in [-0.3, -0.25) is 4.79 Å². The van der Waals surface area contributed by atoms with Crippen LogP contribution in [-0.4, -0.2) is 24.4 Å². The quantitative estimate of drug-likeness (QED) is 0.818. The fourth-order valence-electron chi connectivity index (χ4n) is 1.77. The van der Waals surface area contributed by atoms with E-state index in [0.717, 1.165) is 23.7 Å². The highest BCUT2D eigenvalue weighted by atomic mass is 79.9. The first kappa shape index (κ1) is 15.0. The summed E-state index contributed by atoms with van der Waals surface area (Å²) in [5.41, 5.74) is 1.65. The minimum absolute atomic E-state index is 0.0663. The van der Waals surface area contributed by atoms with Gasteiger partial charge in [0.05, 0.1) is 12.7 Å². The number of carbonyl (C=O) groups is 1. The van der Waals surface area contributed by atoms with E-state index in [9.17, 15) is 4.79 Å². The lowest BCUT2D eigenvalue weighted by molar-refractivity contribution is 0.0932. The summed E-state index contributed by atoms with van der Waals surface area (Å²) >= 11 is 3.40. The van der Waals surface area contributed by atoms with Gasteiger partial charge in [-0.05, 0) is 31.9 Å². The van der Waals surface area contributed by atoms with Crippen molar-refractivity contribution in [1.82, 2.24) is 5.32 Å². The fourth-order valence-corrected chi connectivity index (χ4v) is 2.33. The van der Waals surface area contributed by atoms with Crippen LogP contribution in [0.2, 0.25) is 0 Å². The van der Waals surface area contributed by atoms with Crippen molar-refractivity contribution in [2.45, 2.75) is 32.7 Å². The fraction of sp³-hybridized carbons (Fsp3) is 0.500. The van der Waals surface area contributed by atoms with Gasteiger partial charge in [-0.1, -0.05) is 34.5 Å². The first-order valence-corrected chi connectivity index (χ1v) is 7.26. The molecule has 0 bridgehead atoms. The summed E-state index contributed by atoms with van der Waals surface area (Å²) in [6.45, 7) is 4.03. The molecular formula is C14H20BrNO2. The molecule has 0 aliphatic rings. The van der Waals surface area contributed by atoms with E-state index in [0.29, 0.717) is 11.3 Å². The minimum atomic E-state index is -0.0663. The van der Waals surface area contributed by atoms with Crippen molar-refractivity contribution < 1.29 is 9.53 Å². The maximum Gasteiger partial charge on any atom is 0.255 e. The van der Waals surface area contributed by atoms with Crippen LogP contribution in [0.4, 0.5) is 0 Å². The van der Waals surface area contributed by atoms with Crippen LogP contribution in [0.3, 0.4) is 0 Å². The molecule has 0 saturated heterocycles. The number of hydrogen-bond donors (Lipinski definition) is 1. The van der Waals surface area contributed by atoms with Crippen LogP contribution in [-0.2, 0) is 0 Å². The van der Waals surface area contributed by atoms with E-state index < -0.39 is 0 Å². The molecular weight excluding hydrogens is 294 g/mol. The average molecular weight is 314 g/mol. The molecule has 0 spiro atoms. The third-order valence-electron chi connectivity index (χ3n) is 2.89. The number of halogens is 1. The van der Waals surface area contributed by atoms with Crippen molar-refractivity contribution in [3.8, 4) is 5.75 Å². The Morgan fingerprint density at radius 3 is 2.78 bits per heavy atom. The van der Waals surface area contributed by atoms with Gasteiger partial charge in [0.2, 0.25) is 0 Å². The Hall–Kier alpha value is -1.03. The zero-order chi connectivity index (χ0) is 13.5. The summed E-state index contributed by atoms with van der Waals surface area (Å²) in [4.78, 5) is 12.2. The zero-order valence-electron chi connectivity index (χ0n) is 11.1. The van der Waals surface area contributed by atoms with Crippen molar-refractivity contribution in [2.75, 3.05) is 12.4 Å². The Bertz CT molecular complexity index is 407. The van der Waals surface area contributed by atoms with Crippen LogP contribution in [0.25, 0.3) is 0 Å². The number of ether oxygens (including phenoxy) is 1. The largest absolute Gasteiger partial charge is 0.496 e. The molecule has 0 radical (unpaired) electrons. The van der Waals surface area contributed by atoms with Gasteiger partial charge in [-0.15, -0.1) is 0 Å². The molecule has 18 heavy (non-hydrogen) atoms. The van der Waals surface area contributed by atoms with E-state index in [1.165, 1.54) is 0 Å². The summed E-state index contributed by atoms with van der Waals surface area (Å²) in [6, 6.07) is 5.82. The molecule has 1 amide bonds. The Balaban J connectivity index is 2.85. The van der Waals surface area contributed by atoms with E-state index in [2.05, 4.69) is 28.2 Å². The van der Waals surface area contributed by atoms with Gasteiger partial charge in [0, 0.05) is 11.4 Å². The van der Waals surface area contributed by atoms with E-state index in [4.69, 9.17) is 4.74 Å². The van der Waals surface area contributed by atoms with Gasteiger partial charge < -0.3 is 10.1 Å². The minimum Gasteiger partial charge on any atom is -0.496 e. The molecule has 1 N–H and O–H groups in total. The Morgan fingerprint density at radius 1 is 1.50 bits per heavy atom. The maximum absolute atomic E-state index is 12.2. The zero-order valence-corrected chi connectivity index (χ0v) is 12.7. The topological polar surface area (TPSA) is 38.3 Å². The van der Waals surface area contributed by atoms with Crippen molar-refractivity contribution in [1.29, 1.82) is 0 Å². The molecule has 1 rings (SSSR count). The standard InChI is InChI=1S/C14H20BrNO2/c1-4-11(7-8-15)16-14(17)12-9-10(2)5-6-13(12)18-3/h5-6,9,11H,4,7-8H2,1-3H3,(H,16,17). The highest BCUT2D eigenvalue weighted by Crippen LogP contribution is 2.19. The van der Waals surface area contributed by atoms with E-state index in [1.807, 2.05) is 25.1 Å². The van der Waals surface area contributed by atoms with Crippen molar-refractivity contribution >= 4 is 21.8 Å². The molecule has 0 fully saturated rings. The van der Waals surface area contributed by atoms with Crippen LogP contribution in [0.15, 0.2) is 18.2 Å². The second-order valence-corrected chi connectivity index (χ2v) is 5.05. The van der Waals surface area contributed by atoms with Gasteiger partial charge in [-0.2, -0.15) is 0 Å². The van der Waals surface area contributed by atoms with Gasteiger partial charge in [0.25, 0.3) is 5.91 Å². The molecule has 1 atom stereocenters. The number of methoxy groups -OCH3 is 1.